The number of fused-ring (bicyclic) bond motifs is 4. The van der Waals surface area contributed by atoms with E-state index in [1.165, 1.54) is 54.6 Å². The van der Waals surface area contributed by atoms with Gasteiger partial charge in [-0.15, -0.1) is 23.2 Å². The Morgan fingerprint density at radius 3 is 1.16 bits per heavy atom. The molecule has 35 heteroatoms. The summed E-state index contributed by atoms with van der Waals surface area (Å²) in [7, 11) is -1.72. The van der Waals surface area contributed by atoms with Gasteiger partial charge in [-0.3, -0.25) is 19.6 Å². The van der Waals surface area contributed by atoms with Gasteiger partial charge in [-0.2, -0.15) is 13.2 Å². The minimum absolute atomic E-state index is 0. The highest BCUT2D eigenvalue weighted by atomic mass is 79.9. The summed E-state index contributed by atoms with van der Waals surface area (Å²) in [5.41, 5.74) is 13.6. The van der Waals surface area contributed by atoms with Crippen LogP contribution < -0.4 is 46.1 Å². The zero-order valence-electron chi connectivity index (χ0n) is 67.2. The number of aliphatic carboxylic acids is 1. The summed E-state index contributed by atoms with van der Waals surface area (Å²) in [6.45, 7) is 12.4. The van der Waals surface area contributed by atoms with Crippen molar-refractivity contribution in [2.24, 2.45) is 5.73 Å². The number of carbonyl (C=O) groups excluding carboxylic acids is 4. The maximum Gasteiger partial charge on any atom is 0.491 e. The van der Waals surface area contributed by atoms with E-state index in [-0.39, 0.29) is 66.0 Å². The lowest BCUT2D eigenvalue weighted by Gasteiger charge is -2.20. The Kier molecular flexibility index (Phi) is 41.4. The van der Waals surface area contributed by atoms with Crippen LogP contribution in [0.2, 0.25) is 20.1 Å². The fourth-order valence-electron chi connectivity index (χ4n) is 11.8. The van der Waals surface area contributed by atoms with E-state index in [1.54, 1.807) is 149 Å². The molecule has 4 aliphatic heterocycles. The van der Waals surface area contributed by atoms with Crippen molar-refractivity contribution < 1.29 is 98.3 Å². The molecule has 125 heavy (non-hydrogen) atoms. The fourth-order valence-corrected chi connectivity index (χ4v) is 13.6. The number of nitrogens with two attached hydrogens (primary N) is 1. The van der Waals surface area contributed by atoms with Crippen molar-refractivity contribution in [3.63, 3.8) is 0 Å². The Labute approximate surface area is 757 Å². The summed E-state index contributed by atoms with van der Waals surface area (Å²) in [6.07, 6.45) is 7.65. The van der Waals surface area contributed by atoms with Crippen LogP contribution in [0.15, 0.2) is 211 Å². The molecule has 0 spiro atoms. The van der Waals surface area contributed by atoms with Crippen molar-refractivity contribution in [1.29, 1.82) is 0 Å². The van der Waals surface area contributed by atoms with E-state index >= 15 is 0 Å². The molecule has 0 saturated heterocycles. The highest BCUT2D eigenvalue weighted by Gasteiger charge is 2.32. The molecule has 10 aromatic rings. The summed E-state index contributed by atoms with van der Waals surface area (Å²) in [6, 6.07) is 47.1. The molecule has 8 aromatic carbocycles. The standard InChI is InChI=1S/C23H18ClFN2O2.C20H21ClFNO3.C15H13ClFNO.C14H17BrClNO3.C8H7NO2.C6H6BFO2.C2HF3O.CH2Cl2.CH4/c24-20-12-16(19-5-1-2-6-21(19)25)10-17-11-18(29-23(17)20)14-27-22(28)8-7-15-4-3-9-26-13-15;1-20(2,3)26-19(24)23-11-14-9-13-8-12(10-16(21)18(13)25-14)15-6-4-5-7-17(15)22;16-13-7-9(12-3-1-2-4-14(12)17)5-10-6-11(8-18)19-15(10)13;1-14(2,3)20-13(18)17-7-10-5-8-4-9(15)6-11(16)12(8)19-10;10-8(11)4-3-7-2-1-5-9-6-7;8-6-4-2-1-3-5(6)7(9)10;3-2(4,5)1-6;2-1-3;/h1-10,12-13,18H,11,14H2,(H,27,28);4-8,10,14H,9,11H2,1-3H3,(H,23,24);1-5,7,11H,6,8,18H2;4,6,10H,5,7H2,1-3H3,(H,17,18);1-6H,(H,10,11);1-4,9-10H;1H;1H2;1H4/b8-7+;;;;4-3+;;;;. The second-order valence-corrected chi connectivity index (χ2v) is 32.3. The number of rotatable bonds is 15. The molecule has 0 aliphatic carbocycles. The predicted molar refractivity (Wildman–Crippen MR) is 479 cm³/mol. The lowest BCUT2D eigenvalue weighted by molar-refractivity contribution is -0.156. The van der Waals surface area contributed by atoms with Gasteiger partial charge >= 0.3 is 31.5 Å². The number of ether oxygens (including phenoxy) is 6. The molecule has 4 atom stereocenters. The van der Waals surface area contributed by atoms with Gasteiger partial charge in [-0.25, -0.2) is 31.9 Å². The van der Waals surface area contributed by atoms with Gasteiger partial charge in [0.1, 0.15) is 81.9 Å². The van der Waals surface area contributed by atoms with Crippen LogP contribution in [0.5, 0.6) is 23.0 Å². The second kappa shape index (κ2) is 50.0. The highest BCUT2D eigenvalue weighted by Crippen LogP contribution is 2.44. The zero-order chi connectivity index (χ0) is 91.0. The second-order valence-electron chi connectivity index (χ2n) is 28.9. The number of hydrogen-bond donors (Lipinski definition) is 7. The summed E-state index contributed by atoms with van der Waals surface area (Å²) in [5, 5.41) is 35.7. The maximum absolute atomic E-state index is 14.1. The van der Waals surface area contributed by atoms with Crippen LogP contribution in [0.25, 0.3) is 45.5 Å². The number of nitrogens with zero attached hydrogens (tertiary/aromatic N) is 2. The van der Waals surface area contributed by atoms with E-state index in [1.807, 2.05) is 51.1 Å². The number of nitrogens with one attached hydrogen (secondary N) is 3. The predicted octanol–water partition coefficient (Wildman–Crippen LogP) is 20.5. The number of benzene rings is 8. The molecule has 6 heterocycles. The van der Waals surface area contributed by atoms with E-state index in [4.69, 9.17) is 124 Å². The van der Waals surface area contributed by atoms with Gasteiger partial charge in [-0.1, -0.05) is 155 Å². The molecule has 0 fully saturated rings. The molecule has 0 radical (unpaired) electrons. The molecule has 0 bridgehead atoms. The minimum Gasteiger partial charge on any atom is -0.487 e. The summed E-state index contributed by atoms with van der Waals surface area (Å²) >= 11 is 38.0. The number of alkyl carbamates (subject to hydrolysis) is 2. The van der Waals surface area contributed by atoms with E-state index < -0.39 is 54.8 Å². The number of amides is 3. The molecular weight excluding hydrogens is 1830 g/mol. The molecule has 8 N–H and O–H groups in total. The Balaban J connectivity index is 0.000000233. The van der Waals surface area contributed by atoms with Crippen molar-refractivity contribution in [3.8, 4) is 56.4 Å². The van der Waals surface area contributed by atoms with Crippen LogP contribution >= 0.6 is 85.5 Å². The molecule has 14 rings (SSSR count). The van der Waals surface area contributed by atoms with Crippen molar-refractivity contribution in [2.45, 2.75) is 116 Å². The van der Waals surface area contributed by atoms with Gasteiger partial charge in [0, 0.05) is 118 Å². The molecule has 4 unspecified atom stereocenters. The van der Waals surface area contributed by atoms with Crippen LogP contribution in [0.1, 0.15) is 82.3 Å². The van der Waals surface area contributed by atoms with E-state index in [9.17, 15) is 49.9 Å². The Morgan fingerprint density at radius 2 is 0.840 bits per heavy atom. The molecule has 2 aromatic heterocycles. The Morgan fingerprint density at radius 1 is 0.512 bits per heavy atom. The number of halogens is 14. The van der Waals surface area contributed by atoms with Crippen molar-refractivity contribution in [2.75, 3.05) is 31.5 Å². The number of carbonyl (C=O) groups is 5. The largest absolute Gasteiger partial charge is 0.491 e. The van der Waals surface area contributed by atoms with Crippen molar-refractivity contribution in [1.82, 2.24) is 25.9 Å². The first-order valence-electron chi connectivity index (χ1n) is 37.7. The van der Waals surface area contributed by atoms with Crippen LogP contribution in [0.3, 0.4) is 0 Å². The van der Waals surface area contributed by atoms with Crippen molar-refractivity contribution in [3.05, 3.63) is 288 Å². The molecule has 664 valence electrons. The quantitative estimate of drug-likeness (QED) is 0.0165. The molecule has 20 nitrogen and oxygen atoms in total. The Bertz CT molecular complexity index is 5320. The van der Waals surface area contributed by atoms with Crippen LogP contribution in [-0.4, -0.2) is 136 Å². The Hall–Kier alpha value is -10.4. The average Bonchev–Trinajstić information content (AvgIpc) is 1.70. The maximum atomic E-state index is 14.1. The van der Waals surface area contributed by atoms with Crippen LogP contribution in [-0.2, 0) is 49.5 Å². The first kappa shape index (κ1) is 103. The van der Waals surface area contributed by atoms with Crippen LogP contribution in [0, 0.1) is 23.3 Å². The topological polar surface area (TPSA) is 289 Å². The summed E-state index contributed by atoms with van der Waals surface area (Å²) < 4.78 is 120. The molecular formula is C90H89BBrCl6F7N6O14. The average molecular weight is 1920 g/mol. The molecule has 3 amide bonds. The van der Waals surface area contributed by atoms with Gasteiger partial charge in [0.05, 0.1) is 45.1 Å². The number of aromatic nitrogens is 2. The molecule has 4 aliphatic rings. The van der Waals surface area contributed by atoms with Crippen molar-refractivity contribution >= 4 is 141 Å². The van der Waals surface area contributed by atoms with Gasteiger partial charge in [0.25, 0.3) is 0 Å². The zero-order valence-corrected chi connectivity index (χ0v) is 73.3. The normalized spacial score (nSPS) is 14.6. The lowest BCUT2D eigenvalue weighted by atomic mass is 9.80. The lowest BCUT2D eigenvalue weighted by Crippen LogP contribution is -2.38. The van der Waals surface area contributed by atoms with Crippen LogP contribution in [0.4, 0.5) is 40.3 Å². The molecule has 0 saturated carbocycles. The van der Waals surface area contributed by atoms with Gasteiger partial charge in [0.2, 0.25) is 12.2 Å². The smallest absolute Gasteiger partial charge is 0.487 e. The minimum atomic E-state index is -4.64. The number of carboxylic acids is 1. The van der Waals surface area contributed by atoms with Gasteiger partial charge in [-0.05, 0) is 166 Å². The third-order valence-corrected chi connectivity index (χ3v) is 18.6. The van der Waals surface area contributed by atoms with Gasteiger partial charge < -0.3 is 65.3 Å². The first-order chi connectivity index (χ1) is 58.7. The van der Waals surface area contributed by atoms with E-state index in [0.29, 0.717) is 123 Å². The first-order valence-corrected chi connectivity index (χ1v) is 41.0. The number of pyridine rings is 2. The monoisotopic (exact) mass is 1910 g/mol. The number of carboxylic acid groups (broad SMARTS) is 1. The van der Waals surface area contributed by atoms with E-state index in [0.717, 1.165) is 49.5 Å². The number of alkyl halides is 5. The fraction of sp³-hybridized carbons (Fsp3) is 0.256. The third kappa shape index (κ3) is 34.8. The third-order valence-electron chi connectivity index (χ3n) is 17.0. The van der Waals surface area contributed by atoms with Gasteiger partial charge in [0.15, 0.2) is 0 Å². The van der Waals surface area contributed by atoms with E-state index in [2.05, 4.69) is 41.8 Å². The number of hydrogen-bond acceptors (Lipinski definition) is 16. The number of aldehydes is 1. The summed E-state index contributed by atoms with van der Waals surface area (Å²) in [4.78, 5) is 62.0. The SMILES string of the molecule is C.CC(C)(C)OC(=O)NCC1Cc2cc(-c3ccccc3F)cc(Cl)c2O1.CC(C)(C)OC(=O)NCC1Cc2cc(Br)cc(Cl)c2O1.ClCCl.NCC1Cc2cc(-c3ccccc3F)cc(Cl)c2O1.O=C(/C=C/c1cccnc1)NCC1Cc2cc(-c3ccccc3F)cc(Cl)c2O1.O=C(O)/C=C/c1cccnc1.O=CC(F)(F)F.OB(O)c1ccccc1F. The highest BCUT2D eigenvalue weighted by molar-refractivity contribution is 9.10. The summed E-state index contributed by atoms with van der Waals surface area (Å²) in [5.74, 6) is -0.0642.